The molecule has 0 atom stereocenters. The van der Waals surface area contributed by atoms with Crippen molar-refractivity contribution in [1.82, 2.24) is 25.5 Å². The SMILES string of the molecule is O=C(NNC(=O)C1CCN(C(=O)c2ccco2)CC1)c1cn(-c2ccccc2)nc1-c1ccccc1. The molecule has 0 radical (unpaired) electrons. The number of rotatable bonds is 5. The van der Waals surface area contributed by atoms with Crippen molar-refractivity contribution in [1.29, 1.82) is 0 Å². The number of amides is 3. The summed E-state index contributed by atoms with van der Waals surface area (Å²) in [6.07, 6.45) is 4.10. The van der Waals surface area contributed by atoms with Crippen molar-refractivity contribution in [3.63, 3.8) is 0 Å². The summed E-state index contributed by atoms with van der Waals surface area (Å²) in [4.78, 5) is 40.0. The van der Waals surface area contributed by atoms with Crippen molar-refractivity contribution in [3.8, 4) is 16.9 Å². The maximum absolute atomic E-state index is 13.1. The van der Waals surface area contributed by atoms with Crippen molar-refractivity contribution in [2.24, 2.45) is 5.92 Å². The van der Waals surface area contributed by atoms with E-state index in [0.717, 1.165) is 11.3 Å². The number of piperidine rings is 1. The third-order valence-corrected chi connectivity index (χ3v) is 6.21. The molecule has 2 aromatic heterocycles. The average molecular weight is 484 g/mol. The van der Waals surface area contributed by atoms with Crippen LogP contribution in [0.5, 0.6) is 0 Å². The van der Waals surface area contributed by atoms with Crippen LogP contribution in [0.3, 0.4) is 0 Å². The Hall–Kier alpha value is -4.66. The fourth-order valence-corrected chi connectivity index (χ4v) is 4.25. The van der Waals surface area contributed by atoms with Crippen molar-refractivity contribution in [2.45, 2.75) is 12.8 Å². The number of carbonyl (C=O) groups is 3. The molecule has 2 N–H and O–H groups in total. The molecule has 1 saturated heterocycles. The lowest BCUT2D eigenvalue weighted by Gasteiger charge is -2.30. The summed E-state index contributed by atoms with van der Waals surface area (Å²) in [6, 6.07) is 22.2. The van der Waals surface area contributed by atoms with Gasteiger partial charge in [-0.3, -0.25) is 25.2 Å². The van der Waals surface area contributed by atoms with Crippen molar-refractivity contribution < 1.29 is 18.8 Å². The molecule has 3 amide bonds. The number of aromatic nitrogens is 2. The highest BCUT2D eigenvalue weighted by Crippen LogP contribution is 2.24. The normalized spacial score (nSPS) is 13.8. The molecule has 36 heavy (non-hydrogen) atoms. The standard InChI is InChI=1S/C27H25N5O4/c33-25(20-13-15-31(16-14-20)27(35)23-12-7-17-36-23)28-29-26(34)22-18-32(21-10-5-2-6-11-21)30-24(22)19-8-3-1-4-9-19/h1-12,17-18,20H,13-16H2,(H,28,33)(H,29,34). The highest BCUT2D eigenvalue weighted by Gasteiger charge is 2.29. The lowest BCUT2D eigenvalue weighted by atomic mass is 9.96. The van der Waals surface area contributed by atoms with Crippen LogP contribution in [-0.2, 0) is 4.79 Å². The van der Waals surface area contributed by atoms with E-state index >= 15 is 0 Å². The van der Waals surface area contributed by atoms with Crippen molar-refractivity contribution in [2.75, 3.05) is 13.1 Å². The Bertz CT molecular complexity index is 1340. The molecule has 1 aliphatic heterocycles. The molecule has 0 unspecified atom stereocenters. The summed E-state index contributed by atoms with van der Waals surface area (Å²) >= 11 is 0. The van der Waals surface area contributed by atoms with Gasteiger partial charge in [0.2, 0.25) is 5.91 Å². The third kappa shape index (κ3) is 4.90. The first-order valence-electron chi connectivity index (χ1n) is 11.7. The molecule has 3 heterocycles. The molecule has 5 rings (SSSR count). The summed E-state index contributed by atoms with van der Waals surface area (Å²) in [5.41, 5.74) is 7.54. The zero-order valence-corrected chi connectivity index (χ0v) is 19.5. The van der Waals surface area contributed by atoms with E-state index in [0.29, 0.717) is 37.2 Å². The largest absolute Gasteiger partial charge is 0.459 e. The maximum Gasteiger partial charge on any atom is 0.289 e. The first kappa shape index (κ1) is 23.1. The quantitative estimate of drug-likeness (QED) is 0.423. The molecule has 4 aromatic rings. The van der Waals surface area contributed by atoms with E-state index in [1.165, 1.54) is 6.26 Å². The van der Waals surface area contributed by atoms with Crippen LogP contribution in [0.25, 0.3) is 16.9 Å². The van der Waals surface area contributed by atoms with Crippen LogP contribution in [0.4, 0.5) is 0 Å². The number of carbonyl (C=O) groups excluding carboxylic acids is 3. The van der Waals surface area contributed by atoms with Gasteiger partial charge >= 0.3 is 0 Å². The Morgan fingerprint density at radius 3 is 2.22 bits per heavy atom. The maximum atomic E-state index is 13.1. The molecule has 9 nitrogen and oxygen atoms in total. The van der Waals surface area contributed by atoms with Crippen LogP contribution in [-0.4, -0.2) is 45.5 Å². The molecule has 1 aliphatic rings. The predicted octanol–water partition coefficient (Wildman–Crippen LogP) is 3.45. The van der Waals surface area contributed by atoms with Gasteiger partial charge in [0, 0.05) is 30.8 Å². The van der Waals surface area contributed by atoms with Gasteiger partial charge in [0.05, 0.1) is 17.5 Å². The summed E-state index contributed by atoms with van der Waals surface area (Å²) < 4.78 is 6.82. The van der Waals surface area contributed by atoms with Crippen LogP contribution in [0.1, 0.15) is 33.8 Å². The van der Waals surface area contributed by atoms with E-state index in [2.05, 4.69) is 16.0 Å². The van der Waals surface area contributed by atoms with E-state index in [1.807, 2.05) is 60.7 Å². The predicted molar refractivity (Wildman–Crippen MR) is 132 cm³/mol. The second-order valence-electron chi connectivity index (χ2n) is 8.52. The molecular formula is C27H25N5O4. The summed E-state index contributed by atoms with van der Waals surface area (Å²) in [5.74, 6) is -0.960. The Morgan fingerprint density at radius 1 is 0.861 bits per heavy atom. The van der Waals surface area contributed by atoms with Gasteiger partial charge in [0.15, 0.2) is 5.76 Å². The number of hydrazine groups is 1. The Balaban J connectivity index is 1.24. The van der Waals surface area contributed by atoms with Gasteiger partial charge in [-0.05, 0) is 37.1 Å². The smallest absolute Gasteiger partial charge is 0.289 e. The molecule has 0 bridgehead atoms. The van der Waals surface area contributed by atoms with Gasteiger partial charge in [0.25, 0.3) is 11.8 Å². The molecule has 9 heteroatoms. The molecular weight excluding hydrogens is 458 g/mol. The van der Waals surface area contributed by atoms with Gasteiger partial charge in [0.1, 0.15) is 5.69 Å². The summed E-state index contributed by atoms with van der Waals surface area (Å²) in [5, 5.41) is 4.63. The average Bonchev–Trinajstić information content (AvgIpc) is 3.63. The molecule has 0 saturated carbocycles. The number of likely N-dealkylation sites (tertiary alicyclic amines) is 1. The minimum absolute atomic E-state index is 0.184. The summed E-state index contributed by atoms with van der Waals surface area (Å²) in [6.45, 7) is 0.876. The molecule has 182 valence electrons. The monoisotopic (exact) mass is 483 g/mol. The van der Waals surface area contributed by atoms with Crippen LogP contribution >= 0.6 is 0 Å². The Morgan fingerprint density at radius 2 is 1.56 bits per heavy atom. The number of nitrogens with one attached hydrogen (secondary N) is 2. The zero-order chi connectivity index (χ0) is 24.9. The van der Waals surface area contributed by atoms with Crippen LogP contribution in [0.2, 0.25) is 0 Å². The third-order valence-electron chi connectivity index (χ3n) is 6.21. The van der Waals surface area contributed by atoms with Crippen molar-refractivity contribution >= 4 is 17.7 Å². The van der Waals surface area contributed by atoms with Crippen molar-refractivity contribution in [3.05, 3.63) is 96.6 Å². The molecule has 2 aromatic carbocycles. The zero-order valence-electron chi connectivity index (χ0n) is 19.5. The summed E-state index contributed by atoms with van der Waals surface area (Å²) in [7, 11) is 0. The minimum atomic E-state index is -0.463. The van der Waals surface area contributed by atoms with Gasteiger partial charge < -0.3 is 9.32 Å². The Kier molecular flexibility index (Phi) is 6.61. The Labute approximate surface area is 207 Å². The fraction of sp³-hybridized carbons (Fsp3) is 0.185. The second-order valence-corrected chi connectivity index (χ2v) is 8.52. The highest BCUT2D eigenvalue weighted by molar-refractivity contribution is 6.00. The number of nitrogens with zero attached hydrogens (tertiary/aromatic N) is 3. The van der Waals surface area contributed by atoms with Gasteiger partial charge in [-0.15, -0.1) is 0 Å². The fourth-order valence-electron chi connectivity index (χ4n) is 4.25. The minimum Gasteiger partial charge on any atom is -0.459 e. The van der Waals surface area contributed by atoms with E-state index < -0.39 is 5.91 Å². The van der Waals surface area contributed by atoms with Crippen LogP contribution in [0, 0.1) is 5.92 Å². The molecule has 1 fully saturated rings. The van der Waals surface area contributed by atoms with Gasteiger partial charge in [-0.25, -0.2) is 4.68 Å². The second kappa shape index (κ2) is 10.3. The lowest BCUT2D eigenvalue weighted by molar-refractivity contribution is -0.127. The van der Waals surface area contributed by atoms with Gasteiger partial charge in [-0.1, -0.05) is 48.5 Å². The van der Waals surface area contributed by atoms with Crippen LogP contribution < -0.4 is 10.9 Å². The molecule has 0 spiro atoms. The topological polar surface area (TPSA) is 109 Å². The van der Waals surface area contributed by atoms with E-state index in [-0.39, 0.29) is 23.5 Å². The van der Waals surface area contributed by atoms with E-state index in [9.17, 15) is 14.4 Å². The van der Waals surface area contributed by atoms with E-state index in [1.54, 1.807) is 27.9 Å². The van der Waals surface area contributed by atoms with E-state index in [4.69, 9.17) is 4.42 Å². The number of hydrogen-bond acceptors (Lipinski definition) is 5. The number of hydrogen-bond donors (Lipinski definition) is 2. The van der Waals surface area contributed by atoms with Crippen LogP contribution in [0.15, 0.2) is 89.7 Å². The molecule has 0 aliphatic carbocycles. The number of furan rings is 1. The highest BCUT2D eigenvalue weighted by atomic mass is 16.3. The number of benzene rings is 2. The van der Waals surface area contributed by atoms with Gasteiger partial charge in [-0.2, -0.15) is 5.10 Å². The number of para-hydroxylation sites is 1. The first-order valence-corrected chi connectivity index (χ1v) is 11.7. The first-order chi connectivity index (χ1) is 17.6. The lowest BCUT2D eigenvalue weighted by Crippen LogP contribution is -2.48.